The number of anilines is 1. The van der Waals surface area contributed by atoms with E-state index in [2.05, 4.69) is 10.7 Å². The van der Waals surface area contributed by atoms with Crippen LogP contribution in [0.3, 0.4) is 0 Å². The Balaban J connectivity index is 1.84. The van der Waals surface area contributed by atoms with Gasteiger partial charge in [-0.15, -0.1) is 0 Å². The molecule has 0 fully saturated rings. The van der Waals surface area contributed by atoms with E-state index < -0.39 is 17.9 Å². The zero-order valence-corrected chi connectivity index (χ0v) is 19.3. The van der Waals surface area contributed by atoms with E-state index in [0.29, 0.717) is 18.0 Å². The van der Waals surface area contributed by atoms with Gasteiger partial charge >= 0.3 is 0 Å². The van der Waals surface area contributed by atoms with Crippen molar-refractivity contribution in [1.29, 1.82) is 0 Å². The van der Waals surface area contributed by atoms with Gasteiger partial charge in [0.05, 0.1) is 6.54 Å². The Morgan fingerprint density at radius 2 is 1.70 bits per heavy atom. The molecule has 2 rings (SSSR count). The molecule has 0 saturated heterocycles. The monoisotopic (exact) mass is 456 g/mol. The second-order valence-electron chi connectivity index (χ2n) is 7.59. The minimum absolute atomic E-state index is 0.122. The van der Waals surface area contributed by atoms with Crippen molar-refractivity contribution in [3.63, 3.8) is 0 Å². The van der Waals surface area contributed by atoms with Crippen molar-refractivity contribution in [3.8, 4) is 5.75 Å². The van der Waals surface area contributed by atoms with Crippen molar-refractivity contribution in [2.24, 2.45) is 0 Å². The Morgan fingerprint density at radius 1 is 1.03 bits per heavy atom. The van der Waals surface area contributed by atoms with Crippen LogP contribution in [0.5, 0.6) is 5.75 Å². The van der Waals surface area contributed by atoms with Crippen LogP contribution < -0.4 is 20.4 Å². The number of nitrogens with zero attached hydrogens (tertiary/aromatic N) is 2. The predicted octanol–water partition coefficient (Wildman–Crippen LogP) is 1.26. The standard InChI is InChI=1S/C24H32N4O5/c1-18-9-7-8-12-23(18)33-17-22(31)15-25-13-14-28(26-19(2)29)24(32)16-27(20(3)30)21-10-5-4-6-11-21/h4-12,22,25,31H,13-17H2,1-3H3,(H,26,29). The van der Waals surface area contributed by atoms with Crippen molar-refractivity contribution in [3.05, 3.63) is 60.2 Å². The molecular formula is C24H32N4O5. The van der Waals surface area contributed by atoms with E-state index in [1.54, 1.807) is 24.3 Å². The number of benzene rings is 2. The summed E-state index contributed by atoms with van der Waals surface area (Å²) in [6, 6.07) is 16.4. The SMILES string of the molecule is CC(=O)NN(CCNCC(O)COc1ccccc1C)C(=O)CN(C(C)=O)c1ccccc1. The first-order valence-corrected chi connectivity index (χ1v) is 10.8. The van der Waals surface area contributed by atoms with Gasteiger partial charge in [-0.1, -0.05) is 36.4 Å². The topological polar surface area (TPSA) is 111 Å². The molecule has 0 bridgehead atoms. The molecule has 3 N–H and O–H groups in total. The summed E-state index contributed by atoms with van der Waals surface area (Å²) < 4.78 is 5.63. The minimum Gasteiger partial charge on any atom is -0.491 e. The van der Waals surface area contributed by atoms with Gasteiger partial charge < -0.3 is 20.1 Å². The first-order valence-electron chi connectivity index (χ1n) is 10.8. The minimum atomic E-state index is -0.749. The summed E-state index contributed by atoms with van der Waals surface area (Å²) in [7, 11) is 0. The van der Waals surface area contributed by atoms with E-state index in [-0.39, 0.29) is 32.1 Å². The summed E-state index contributed by atoms with van der Waals surface area (Å²) in [5, 5.41) is 14.4. The molecule has 0 aliphatic carbocycles. The van der Waals surface area contributed by atoms with Crippen molar-refractivity contribution in [1.82, 2.24) is 15.8 Å². The quantitative estimate of drug-likeness (QED) is 0.347. The van der Waals surface area contributed by atoms with Gasteiger partial charge in [-0.3, -0.25) is 24.8 Å². The fourth-order valence-electron chi connectivity index (χ4n) is 3.07. The van der Waals surface area contributed by atoms with Crippen molar-refractivity contribution >= 4 is 23.4 Å². The fourth-order valence-corrected chi connectivity index (χ4v) is 3.07. The maximum Gasteiger partial charge on any atom is 0.261 e. The summed E-state index contributed by atoms with van der Waals surface area (Å²) >= 11 is 0. The van der Waals surface area contributed by atoms with E-state index in [0.717, 1.165) is 5.56 Å². The normalized spacial score (nSPS) is 11.4. The van der Waals surface area contributed by atoms with Gasteiger partial charge in [0.15, 0.2) is 0 Å². The highest BCUT2D eigenvalue weighted by molar-refractivity contribution is 5.97. The number of nitrogens with one attached hydrogen (secondary N) is 2. The molecule has 0 heterocycles. The number of aryl methyl sites for hydroxylation is 1. The van der Waals surface area contributed by atoms with E-state index in [1.165, 1.54) is 23.8 Å². The highest BCUT2D eigenvalue weighted by atomic mass is 16.5. The largest absolute Gasteiger partial charge is 0.491 e. The average molecular weight is 457 g/mol. The van der Waals surface area contributed by atoms with Crippen LogP contribution in [-0.4, -0.2) is 66.7 Å². The number of para-hydroxylation sites is 2. The van der Waals surface area contributed by atoms with Crippen molar-refractivity contribution in [2.75, 3.05) is 37.7 Å². The number of hydrogen-bond donors (Lipinski definition) is 3. The Morgan fingerprint density at radius 3 is 2.33 bits per heavy atom. The van der Waals surface area contributed by atoms with E-state index >= 15 is 0 Å². The lowest BCUT2D eigenvalue weighted by atomic mass is 10.2. The molecule has 1 unspecified atom stereocenters. The highest BCUT2D eigenvalue weighted by Gasteiger charge is 2.21. The molecule has 0 aliphatic heterocycles. The molecule has 0 aliphatic rings. The maximum atomic E-state index is 12.8. The van der Waals surface area contributed by atoms with Crippen LogP contribution in [0, 0.1) is 6.92 Å². The molecule has 2 aromatic rings. The molecule has 9 heteroatoms. The van der Waals surface area contributed by atoms with Gasteiger partial charge in [0, 0.05) is 32.6 Å². The Labute approximate surface area is 194 Å². The zero-order valence-electron chi connectivity index (χ0n) is 19.3. The van der Waals surface area contributed by atoms with E-state index in [4.69, 9.17) is 4.74 Å². The Bertz CT molecular complexity index is 922. The lowest BCUT2D eigenvalue weighted by molar-refractivity contribution is -0.140. The predicted molar refractivity (Wildman–Crippen MR) is 126 cm³/mol. The molecule has 0 radical (unpaired) electrons. The van der Waals surface area contributed by atoms with Crippen LogP contribution in [0.1, 0.15) is 19.4 Å². The Hall–Kier alpha value is -3.43. The van der Waals surface area contributed by atoms with Gasteiger partial charge in [0.25, 0.3) is 5.91 Å². The van der Waals surface area contributed by atoms with Gasteiger partial charge in [0.1, 0.15) is 25.0 Å². The number of amides is 3. The van der Waals surface area contributed by atoms with Gasteiger partial charge in [-0.2, -0.15) is 0 Å². The number of aliphatic hydroxyl groups is 1. The molecule has 2 aromatic carbocycles. The summed E-state index contributed by atoms with van der Waals surface area (Å²) in [6.45, 7) is 5.24. The lowest BCUT2D eigenvalue weighted by Gasteiger charge is -2.27. The summed E-state index contributed by atoms with van der Waals surface area (Å²) in [5.74, 6) is -0.404. The molecule has 9 nitrogen and oxygen atoms in total. The number of ether oxygens (including phenoxy) is 1. The molecule has 33 heavy (non-hydrogen) atoms. The summed E-state index contributed by atoms with van der Waals surface area (Å²) in [4.78, 5) is 37.8. The molecular weight excluding hydrogens is 424 g/mol. The van der Waals surface area contributed by atoms with Crippen LogP contribution in [0.2, 0.25) is 0 Å². The zero-order chi connectivity index (χ0) is 24.2. The summed E-state index contributed by atoms with van der Waals surface area (Å²) in [6.07, 6.45) is -0.749. The number of aliphatic hydroxyl groups excluding tert-OH is 1. The Kier molecular flexibility index (Phi) is 10.3. The number of hydrogen-bond acceptors (Lipinski definition) is 6. The highest BCUT2D eigenvalue weighted by Crippen LogP contribution is 2.16. The summed E-state index contributed by atoms with van der Waals surface area (Å²) in [5.41, 5.74) is 4.07. The molecule has 3 amide bonds. The maximum absolute atomic E-state index is 12.8. The van der Waals surface area contributed by atoms with E-state index in [9.17, 15) is 19.5 Å². The lowest BCUT2D eigenvalue weighted by Crippen LogP contribution is -2.52. The second kappa shape index (κ2) is 13.2. The molecule has 1 atom stereocenters. The number of carbonyl (C=O) groups excluding carboxylic acids is 3. The molecule has 0 aromatic heterocycles. The van der Waals surface area contributed by atoms with Gasteiger partial charge in [-0.25, -0.2) is 0 Å². The fraction of sp³-hybridized carbons (Fsp3) is 0.375. The molecule has 0 saturated carbocycles. The third-order valence-corrected chi connectivity index (χ3v) is 4.75. The average Bonchev–Trinajstić information content (AvgIpc) is 2.78. The number of carbonyl (C=O) groups is 3. The van der Waals surface area contributed by atoms with Gasteiger partial charge in [0.2, 0.25) is 11.8 Å². The van der Waals surface area contributed by atoms with Gasteiger partial charge in [-0.05, 0) is 30.7 Å². The first kappa shape index (κ1) is 25.8. The smallest absolute Gasteiger partial charge is 0.261 e. The molecule has 178 valence electrons. The third kappa shape index (κ3) is 8.91. The van der Waals surface area contributed by atoms with Crippen LogP contribution in [0.25, 0.3) is 0 Å². The second-order valence-corrected chi connectivity index (χ2v) is 7.59. The van der Waals surface area contributed by atoms with Crippen LogP contribution >= 0.6 is 0 Å². The van der Waals surface area contributed by atoms with E-state index in [1.807, 2.05) is 37.3 Å². The van der Waals surface area contributed by atoms with Crippen LogP contribution in [0.15, 0.2) is 54.6 Å². The number of rotatable bonds is 11. The third-order valence-electron chi connectivity index (χ3n) is 4.75. The van der Waals surface area contributed by atoms with Crippen LogP contribution in [-0.2, 0) is 14.4 Å². The first-order chi connectivity index (χ1) is 15.8. The van der Waals surface area contributed by atoms with Crippen LogP contribution in [0.4, 0.5) is 5.69 Å². The van der Waals surface area contributed by atoms with Crippen molar-refractivity contribution in [2.45, 2.75) is 26.9 Å². The van der Waals surface area contributed by atoms with Crippen molar-refractivity contribution < 1.29 is 24.2 Å². The molecule has 0 spiro atoms. The number of hydrazine groups is 1.